The highest BCUT2D eigenvalue weighted by Crippen LogP contribution is 2.30. The van der Waals surface area contributed by atoms with Crippen LogP contribution in [0, 0.1) is 0 Å². The Morgan fingerprint density at radius 2 is 1.00 bits per heavy atom. The predicted octanol–water partition coefficient (Wildman–Crippen LogP) is 3.60. The molecule has 0 aromatic heterocycles. The normalized spacial score (nSPS) is 13.3. The summed E-state index contributed by atoms with van der Waals surface area (Å²) in [6.45, 7) is 19.4. The summed E-state index contributed by atoms with van der Waals surface area (Å²) in [5.74, 6) is 0. The quantitative estimate of drug-likeness (QED) is 0.527. The second-order valence-electron chi connectivity index (χ2n) is 7.41. The maximum Gasteiger partial charge on any atom is 0.327 e. The molecule has 0 aromatic rings. The van der Waals surface area contributed by atoms with Crippen molar-refractivity contribution in [1.29, 1.82) is 0 Å². The van der Waals surface area contributed by atoms with Crippen LogP contribution in [0.2, 0.25) is 0 Å². The van der Waals surface area contributed by atoms with Gasteiger partial charge >= 0.3 is 8.60 Å². The molecule has 0 saturated heterocycles. The summed E-state index contributed by atoms with van der Waals surface area (Å²) >= 11 is 0. The Kier molecular flexibility index (Phi) is 11.8. The first kappa shape index (κ1) is 23.2. The predicted molar refractivity (Wildman–Crippen MR) is 99.4 cm³/mol. The maximum atomic E-state index is 9.26. The van der Waals surface area contributed by atoms with Gasteiger partial charge in [0, 0.05) is 37.3 Å². The van der Waals surface area contributed by atoms with Crippen molar-refractivity contribution in [3.8, 4) is 0 Å². The highest BCUT2D eigenvalue weighted by atomic mass is 31.2. The van der Waals surface area contributed by atoms with E-state index in [1.165, 1.54) is 0 Å². The third kappa shape index (κ3) is 9.96. The van der Waals surface area contributed by atoms with Gasteiger partial charge in [-0.25, -0.2) is 0 Å². The van der Waals surface area contributed by atoms with E-state index in [1.54, 1.807) is 0 Å². The lowest BCUT2D eigenvalue weighted by Crippen LogP contribution is -2.41. The highest BCUT2D eigenvalue weighted by Gasteiger charge is 2.21. The largest absolute Gasteiger partial charge is 0.328 e. The molecule has 0 radical (unpaired) electrons. The van der Waals surface area contributed by atoms with E-state index in [4.69, 9.17) is 4.52 Å². The Hall–Kier alpha value is 0.230. The van der Waals surface area contributed by atoms with E-state index in [-0.39, 0.29) is 6.10 Å². The Morgan fingerprint density at radius 1 is 0.696 bits per heavy atom. The topological polar surface area (TPSA) is 56.2 Å². The maximum absolute atomic E-state index is 9.26. The van der Waals surface area contributed by atoms with E-state index >= 15 is 0 Å². The van der Waals surface area contributed by atoms with Crippen molar-refractivity contribution in [2.45, 2.75) is 98.5 Å². The molecule has 0 bridgehead atoms. The van der Waals surface area contributed by atoms with Crippen molar-refractivity contribution < 1.29 is 14.3 Å². The molecule has 0 unspecified atom stereocenters. The summed E-state index contributed by atoms with van der Waals surface area (Å²) in [6.07, 6.45) is 1.52. The van der Waals surface area contributed by atoms with Gasteiger partial charge in [0.25, 0.3) is 0 Å². The molecule has 0 amide bonds. The Morgan fingerprint density at radius 3 is 1.22 bits per heavy atom. The second-order valence-corrected chi connectivity index (χ2v) is 8.12. The van der Waals surface area contributed by atoms with E-state index in [0.29, 0.717) is 24.2 Å². The van der Waals surface area contributed by atoms with Crippen molar-refractivity contribution in [3.63, 3.8) is 0 Å². The van der Waals surface area contributed by atoms with Crippen LogP contribution in [0.4, 0.5) is 0 Å². The van der Waals surface area contributed by atoms with Crippen LogP contribution >= 0.6 is 8.60 Å². The number of nitrogens with zero attached hydrogens (tertiary/aromatic N) is 2. The Balaban J connectivity index is 4.63. The molecule has 0 aromatic carbocycles. The monoisotopic (exact) mass is 350 g/mol. The van der Waals surface area contributed by atoms with Crippen molar-refractivity contribution in [3.05, 3.63) is 0 Å². The molecule has 0 spiro atoms. The molecule has 2 N–H and O–H groups in total. The third-order valence-corrected chi connectivity index (χ3v) is 4.80. The summed E-state index contributed by atoms with van der Waals surface area (Å²) in [7, 11) is -2.30. The minimum Gasteiger partial charge on any atom is -0.328 e. The molecule has 0 heterocycles. The lowest BCUT2D eigenvalue weighted by Gasteiger charge is -2.34. The van der Waals surface area contributed by atoms with Crippen LogP contribution in [0.5, 0.6) is 0 Å². The molecule has 0 aliphatic heterocycles. The molecule has 5 nitrogen and oxygen atoms in total. The third-order valence-electron chi connectivity index (χ3n) is 4.32. The van der Waals surface area contributed by atoms with Gasteiger partial charge in [0.1, 0.15) is 0 Å². The van der Waals surface area contributed by atoms with Crippen LogP contribution in [0.15, 0.2) is 0 Å². The van der Waals surface area contributed by atoms with Crippen molar-refractivity contribution in [2.75, 3.05) is 13.1 Å². The standard InChI is InChI=1S/C17H39N2O3P/c1-13(2)18(14(3)4)11-9-17(22-23(20)21)10-12-19(15(5)6)16(7)8/h13-17,20-21H,9-12H2,1-8H3. The summed E-state index contributed by atoms with van der Waals surface area (Å²) in [5, 5.41) is 0. The summed E-state index contributed by atoms with van der Waals surface area (Å²) < 4.78 is 5.39. The van der Waals surface area contributed by atoms with Gasteiger partial charge in [-0.2, -0.15) is 0 Å². The van der Waals surface area contributed by atoms with Gasteiger partial charge in [-0.3, -0.25) is 9.80 Å². The average molecular weight is 350 g/mol. The van der Waals surface area contributed by atoms with E-state index in [1.807, 2.05) is 0 Å². The van der Waals surface area contributed by atoms with Gasteiger partial charge in [-0.15, -0.1) is 0 Å². The smallest absolute Gasteiger partial charge is 0.327 e. The molecule has 140 valence electrons. The Labute approximate surface area is 145 Å². The first-order valence-corrected chi connectivity index (χ1v) is 10.1. The number of rotatable bonds is 12. The second kappa shape index (κ2) is 11.7. The fourth-order valence-electron chi connectivity index (χ4n) is 3.19. The van der Waals surface area contributed by atoms with Crippen LogP contribution in [-0.4, -0.2) is 62.9 Å². The molecular weight excluding hydrogens is 311 g/mol. The van der Waals surface area contributed by atoms with Gasteiger partial charge in [-0.1, -0.05) is 0 Å². The zero-order chi connectivity index (χ0) is 18.2. The lowest BCUT2D eigenvalue weighted by molar-refractivity contribution is 0.0905. The highest BCUT2D eigenvalue weighted by molar-refractivity contribution is 7.39. The van der Waals surface area contributed by atoms with Crippen molar-refractivity contribution >= 4 is 8.60 Å². The lowest BCUT2D eigenvalue weighted by atomic mass is 10.1. The van der Waals surface area contributed by atoms with Gasteiger partial charge in [-0.05, 0) is 68.2 Å². The van der Waals surface area contributed by atoms with Crippen LogP contribution in [-0.2, 0) is 4.52 Å². The molecule has 0 aliphatic carbocycles. The van der Waals surface area contributed by atoms with Gasteiger partial charge in [0.05, 0.1) is 6.10 Å². The van der Waals surface area contributed by atoms with Crippen LogP contribution in [0.3, 0.4) is 0 Å². The molecule has 0 rings (SSSR count). The Bertz CT molecular complexity index is 260. The minimum atomic E-state index is -2.30. The summed E-state index contributed by atoms with van der Waals surface area (Å²) in [5.41, 5.74) is 0. The van der Waals surface area contributed by atoms with E-state index in [0.717, 1.165) is 25.9 Å². The molecular formula is C17H39N2O3P. The molecule has 0 aliphatic rings. The summed E-state index contributed by atoms with van der Waals surface area (Å²) in [4.78, 5) is 23.3. The van der Waals surface area contributed by atoms with Crippen LogP contribution < -0.4 is 0 Å². The van der Waals surface area contributed by atoms with Crippen LogP contribution in [0.25, 0.3) is 0 Å². The fourth-order valence-corrected chi connectivity index (χ4v) is 3.67. The van der Waals surface area contributed by atoms with Crippen molar-refractivity contribution in [1.82, 2.24) is 9.80 Å². The minimum absolute atomic E-state index is 0.115. The molecule has 0 atom stereocenters. The first-order chi connectivity index (χ1) is 10.6. The molecule has 23 heavy (non-hydrogen) atoms. The zero-order valence-corrected chi connectivity index (χ0v) is 17.3. The molecule has 0 fully saturated rings. The van der Waals surface area contributed by atoms with Crippen molar-refractivity contribution in [2.24, 2.45) is 0 Å². The SMILES string of the molecule is CC(C)N(CCC(CCN(C(C)C)C(C)C)OP(O)O)C(C)C. The first-order valence-electron chi connectivity index (χ1n) is 8.92. The van der Waals surface area contributed by atoms with E-state index < -0.39 is 8.60 Å². The number of hydrogen-bond donors (Lipinski definition) is 2. The molecule has 6 heteroatoms. The van der Waals surface area contributed by atoms with Gasteiger partial charge in [0.15, 0.2) is 0 Å². The van der Waals surface area contributed by atoms with E-state index in [9.17, 15) is 9.79 Å². The fraction of sp³-hybridized carbons (Fsp3) is 1.00. The average Bonchev–Trinajstić information content (AvgIpc) is 2.36. The van der Waals surface area contributed by atoms with E-state index in [2.05, 4.69) is 65.2 Å². The summed E-state index contributed by atoms with van der Waals surface area (Å²) in [6, 6.07) is 1.90. The van der Waals surface area contributed by atoms with Gasteiger partial charge < -0.3 is 14.3 Å². The van der Waals surface area contributed by atoms with Crippen LogP contribution in [0.1, 0.15) is 68.2 Å². The molecule has 0 saturated carbocycles. The number of hydrogen-bond acceptors (Lipinski definition) is 5. The zero-order valence-electron chi connectivity index (χ0n) is 16.4. The van der Waals surface area contributed by atoms with Gasteiger partial charge in [0.2, 0.25) is 0 Å².